The highest BCUT2D eigenvalue weighted by molar-refractivity contribution is 6.26. The number of aliphatic hydroxyl groups is 1. The average molecular weight is 587 g/mol. The number of Topliss-reactive ketones (excluding diaryl/α,β-unsaturated/α-hetero) is 2. The first-order valence-corrected chi connectivity index (χ1v) is 13.6. The lowest BCUT2D eigenvalue weighted by atomic mass is 9.83. The van der Waals surface area contributed by atoms with Crippen molar-refractivity contribution < 1.29 is 43.2 Å². The molecular weight excluding hydrogens is 544 g/mol. The van der Waals surface area contributed by atoms with Crippen LogP contribution in [0.1, 0.15) is 40.5 Å². The fraction of sp³-hybridized carbons (Fsp3) is 0.484. The molecule has 0 radical (unpaired) electrons. The molecule has 0 aromatic carbocycles. The summed E-state index contributed by atoms with van der Waals surface area (Å²) in [5, 5.41) is 13.8. The Bertz CT molecular complexity index is 1240. The minimum atomic E-state index is -1.01. The predicted octanol–water partition coefficient (Wildman–Crippen LogP) is 2.96. The van der Waals surface area contributed by atoms with Crippen molar-refractivity contribution in [3.05, 3.63) is 70.7 Å². The lowest BCUT2D eigenvalue weighted by Gasteiger charge is -2.30. The Kier molecular flexibility index (Phi) is 12.6. The first kappa shape index (κ1) is 34.4. The van der Waals surface area contributed by atoms with E-state index >= 15 is 0 Å². The van der Waals surface area contributed by atoms with E-state index in [0.717, 1.165) is 0 Å². The molecule has 230 valence electrons. The number of methoxy groups -OCH3 is 3. The van der Waals surface area contributed by atoms with Gasteiger partial charge in [0.25, 0.3) is 5.91 Å². The molecule has 6 atom stereocenters. The van der Waals surface area contributed by atoms with Crippen molar-refractivity contribution in [2.24, 2.45) is 17.6 Å². The number of nitrogens with one attached hydrogen (secondary N) is 1. The van der Waals surface area contributed by atoms with E-state index in [2.05, 4.69) is 11.9 Å². The molecule has 2 bridgehead atoms. The van der Waals surface area contributed by atoms with Crippen LogP contribution in [-0.4, -0.2) is 74.4 Å². The number of aliphatic hydroxyl groups excluding tert-OH is 1. The first-order valence-electron chi connectivity index (χ1n) is 13.6. The van der Waals surface area contributed by atoms with E-state index in [1.807, 2.05) is 6.92 Å². The molecule has 1 heterocycles. The number of primary amides is 1. The molecule has 0 spiro atoms. The molecule has 0 fully saturated rings. The van der Waals surface area contributed by atoms with Crippen molar-refractivity contribution in [2.75, 3.05) is 21.3 Å². The van der Waals surface area contributed by atoms with Crippen LogP contribution in [0.3, 0.4) is 0 Å². The van der Waals surface area contributed by atoms with Gasteiger partial charge in [0.2, 0.25) is 11.6 Å². The van der Waals surface area contributed by atoms with E-state index in [1.165, 1.54) is 46.5 Å². The van der Waals surface area contributed by atoms with Crippen LogP contribution in [-0.2, 0) is 33.3 Å². The van der Waals surface area contributed by atoms with Gasteiger partial charge >= 0.3 is 6.09 Å². The van der Waals surface area contributed by atoms with Gasteiger partial charge in [-0.25, -0.2) is 4.79 Å². The molecular formula is C31H42N2O9. The number of nitrogens with two attached hydrogens (primary N) is 1. The number of fused-ring (bicyclic) bond motifs is 2. The van der Waals surface area contributed by atoms with Crippen LogP contribution >= 0.6 is 0 Å². The topological polar surface area (TPSA) is 163 Å². The van der Waals surface area contributed by atoms with Gasteiger partial charge in [0, 0.05) is 31.3 Å². The molecule has 4 N–H and O–H groups in total. The van der Waals surface area contributed by atoms with E-state index < -0.39 is 53.9 Å². The monoisotopic (exact) mass is 586 g/mol. The van der Waals surface area contributed by atoms with E-state index in [1.54, 1.807) is 26.0 Å². The lowest BCUT2D eigenvalue weighted by Crippen LogP contribution is -2.37. The lowest BCUT2D eigenvalue weighted by molar-refractivity contribution is -0.121. The van der Waals surface area contributed by atoms with Crippen molar-refractivity contribution in [3.8, 4) is 0 Å². The zero-order valence-corrected chi connectivity index (χ0v) is 25.3. The van der Waals surface area contributed by atoms with Crippen molar-refractivity contribution >= 4 is 23.6 Å². The first-order chi connectivity index (χ1) is 19.8. The summed E-state index contributed by atoms with van der Waals surface area (Å²) in [5.74, 6) is -2.57. The number of hydrogen-bond acceptors (Lipinski definition) is 9. The quantitative estimate of drug-likeness (QED) is 0.325. The van der Waals surface area contributed by atoms with Gasteiger partial charge in [-0.05, 0) is 38.2 Å². The van der Waals surface area contributed by atoms with Gasteiger partial charge in [-0.3, -0.25) is 14.4 Å². The zero-order valence-electron chi connectivity index (χ0n) is 25.3. The summed E-state index contributed by atoms with van der Waals surface area (Å²) < 4.78 is 21.9. The molecule has 2 amide bonds. The highest BCUT2D eigenvalue weighted by Gasteiger charge is 2.37. The van der Waals surface area contributed by atoms with E-state index in [-0.39, 0.29) is 40.5 Å². The van der Waals surface area contributed by atoms with Crippen molar-refractivity contribution in [1.29, 1.82) is 0 Å². The maximum Gasteiger partial charge on any atom is 0.405 e. The average Bonchev–Trinajstić information content (AvgIpc) is 2.94. The summed E-state index contributed by atoms with van der Waals surface area (Å²) in [6.07, 6.45) is 3.63. The Morgan fingerprint density at radius 1 is 1.12 bits per heavy atom. The summed E-state index contributed by atoms with van der Waals surface area (Å²) in [6.45, 7) is 10.5. The molecule has 2 rings (SSSR count). The second kappa shape index (κ2) is 15.4. The van der Waals surface area contributed by atoms with Crippen LogP contribution in [0.4, 0.5) is 4.79 Å². The Morgan fingerprint density at radius 3 is 2.33 bits per heavy atom. The third-order valence-corrected chi connectivity index (χ3v) is 7.35. The largest absolute Gasteiger partial charge is 0.492 e. The number of ether oxygens (including phenoxy) is 4. The minimum Gasteiger partial charge on any atom is -0.492 e. The van der Waals surface area contributed by atoms with Crippen molar-refractivity contribution in [3.63, 3.8) is 0 Å². The predicted molar refractivity (Wildman–Crippen MR) is 156 cm³/mol. The maximum absolute atomic E-state index is 13.7. The van der Waals surface area contributed by atoms with Crippen LogP contribution in [0.15, 0.2) is 70.7 Å². The molecule has 0 aromatic rings. The van der Waals surface area contributed by atoms with Gasteiger partial charge in [-0.15, -0.1) is 0 Å². The summed E-state index contributed by atoms with van der Waals surface area (Å²) >= 11 is 0. The number of carbonyl (C=O) groups excluding carboxylic acids is 4. The molecule has 11 heteroatoms. The fourth-order valence-electron chi connectivity index (χ4n) is 5.06. The normalized spacial score (nSPS) is 31.9. The van der Waals surface area contributed by atoms with Gasteiger partial charge < -0.3 is 35.1 Å². The SMILES string of the molecule is C=CC1=C2NC(=O)/C(C)=C/C=C\[C@H](OC)[C@@H](OC(N)=O)/C(C)=C/[C@H](C)[C@@H](O)[C@@H](OC)C[C@H](C)CC(=C(OC)C1=O)C2=O. The molecule has 1 aliphatic heterocycles. The summed E-state index contributed by atoms with van der Waals surface area (Å²) in [7, 11) is 4.20. The van der Waals surface area contributed by atoms with E-state index in [0.29, 0.717) is 12.0 Å². The Balaban J connectivity index is 2.69. The van der Waals surface area contributed by atoms with Crippen LogP contribution in [0.2, 0.25) is 0 Å². The van der Waals surface area contributed by atoms with Gasteiger partial charge in [0.15, 0.2) is 11.9 Å². The second-order valence-electron chi connectivity index (χ2n) is 10.5. The Hall–Kier alpha value is -3.80. The summed E-state index contributed by atoms with van der Waals surface area (Å²) in [6, 6.07) is 0. The van der Waals surface area contributed by atoms with Crippen LogP contribution in [0.25, 0.3) is 0 Å². The molecule has 0 aromatic heterocycles. The van der Waals surface area contributed by atoms with Crippen molar-refractivity contribution in [2.45, 2.75) is 65.0 Å². The molecule has 42 heavy (non-hydrogen) atoms. The van der Waals surface area contributed by atoms with E-state index in [9.17, 15) is 24.3 Å². The molecule has 0 saturated carbocycles. The maximum atomic E-state index is 13.7. The fourth-order valence-corrected chi connectivity index (χ4v) is 5.06. The van der Waals surface area contributed by atoms with E-state index in [4.69, 9.17) is 24.7 Å². The summed E-state index contributed by atoms with van der Waals surface area (Å²) in [4.78, 5) is 51.7. The number of carbonyl (C=O) groups is 4. The zero-order chi connectivity index (χ0) is 31.7. The van der Waals surface area contributed by atoms with Crippen LogP contribution in [0.5, 0.6) is 0 Å². The third kappa shape index (κ3) is 8.15. The second-order valence-corrected chi connectivity index (χ2v) is 10.5. The summed E-state index contributed by atoms with van der Waals surface area (Å²) in [5.41, 5.74) is 5.96. The van der Waals surface area contributed by atoms with Crippen LogP contribution < -0.4 is 11.1 Å². The number of allylic oxidation sites excluding steroid dienone is 5. The molecule has 0 saturated heterocycles. The number of amides is 2. The Morgan fingerprint density at radius 2 is 1.79 bits per heavy atom. The van der Waals surface area contributed by atoms with Gasteiger partial charge in [0.1, 0.15) is 11.8 Å². The van der Waals surface area contributed by atoms with Gasteiger partial charge in [-0.1, -0.05) is 50.8 Å². The number of ketones is 2. The highest BCUT2D eigenvalue weighted by Crippen LogP contribution is 2.32. The molecule has 11 nitrogen and oxygen atoms in total. The smallest absolute Gasteiger partial charge is 0.405 e. The number of rotatable bonds is 5. The minimum absolute atomic E-state index is 0.0812. The van der Waals surface area contributed by atoms with Gasteiger partial charge in [0.05, 0.1) is 24.9 Å². The van der Waals surface area contributed by atoms with Gasteiger partial charge in [-0.2, -0.15) is 0 Å². The van der Waals surface area contributed by atoms with Crippen LogP contribution in [0, 0.1) is 11.8 Å². The van der Waals surface area contributed by atoms with Crippen molar-refractivity contribution in [1.82, 2.24) is 5.32 Å². The highest BCUT2D eigenvalue weighted by atomic mass is 16.6. The molecule has 1 aliphatic carbocycles. The Labute approximate surface area is 246 Å². The molecule has 0 unspecified atom stereocenters. The third-order valence-electron chi connectivity index (χ3n) is 7.35. The molecule has 2 aliphatic rings. The standard InChI is InChI=1S/C31H42N2O9/c1-9-20-24-26(35)21(29(41-8)27(20)36)13-16(2)14-23(40-7)25(34)18(4)15-19(5)28(42-31(32)38)22(39-6)12-10-11-17(3)30(37)33-24/h9-12,15-16,18,22-23,25,28,34H,1,13-14H2,2-8H3,(H2,32,38)(H,33,37)/b12-10-,17-11+,19-15+/t16-,18+,22+,23+,25-,28+/m1/s1. The number of hydrogen-bond donors (Lipinski definition) is 3.